The van der Waals surface area contributed by atoms with E-state index in [1.54, 1.807) is 26.0 Å². The minimum absolute atomic E-state index is 0.0129. The van der Waals surface area contributed by atoms with E-state index in [0.717, 1.165) is 62.8 Å². The van der Waals surface area contributed by atoms with Gasteiger partial charge < -0.3 is 19.7 Å². The monoisotopic (exact) mass is 379 g/mol. The van der Waals surface area contributed by atoms with E-state index < -0.39 is 0 Å². The number of hydrogen-bond donors (Lipinski definition) is 1. The van der Waals surface area contributed by atoms with E-state index in [2.05, 4.69) is 17.1 Å². The van der Waals surface area contributed by atoms with Gasteiger partial charge in [0.05, 0.1) is 19.5 Å². The van der Waals surface area contributed by atoms with Gasteiger partial charge in [-0.1, -0.05) is 6.92 Å². The van der Waals surface area contributed by atoms with E-state index >= 15 is 0 Å². The minimum Gasteiger partial charge on any atom is -0.497 e. The van der Waals surface area contributed by atoms with Crippen molar-refractivity contribution in [3.05, 3.63) is 23.8 Å². The molecule has 1 amide bonds. The molecular weight excluding hydrogens is 350 g/mol. The van der Waals surface area contributed by atoms with E-state index in [9.17, 15) is 4.79 Å². The molecule has 0 saturated carbocycles. The Labute approximate surface area is 160 Å². The summed E-state index contributed by atoms with van der Waals surface area (Å²) in [5.74, 6) is 1.83. The van der Waals surface area contributed by atoms with E-state index in [1.165, 1.54) is 0 Å². The Kier molecular flexibility index (Phi) is 6.67. The van der Waals surface area contributed by atoms with Crippen LogP contribution in [0.3, 0.4) is 0 Å². The maximum Gasteiger partial charge on any atom is 0.236 e. The molecule has 6 nitrogen and oxygen atoms in total. The maximum atomic E-state index is 12.9. The first kappa shape index (κ1) is 19.3. The van der Waals surface area contributed by atoms with Crippen LogP contribution in [0.15, 0.2) is 18.2 Å². The third-order valence-electron chi connectivity index (χ3n) is 5.08. The number of hydrogen-bond acceptors (Lipinski definition) is 6. The van der Waals surface area contributed by atoms with Crippen LogP contribution in [0.1, 0.15) is 24.3 Å². The summed E-state index contributed by atoms with van der Waals surface area (Å²) in [7, 11) is 3.34. The van der Waals surface area contributed by atoms with Gasteiger partial charge in [0.2, 0.25) is 5.91 Å². The normalized spacial score (nSPS) is 24.1. The van der Waals surface area contributed by atoms with Crippen LogP contribution in [0, 0.1) is 0 Å². The molecule has 2 fully saturated rings. The molecule has 2 heterocycles. The molecule has 7 heteroatoms. The third-order valence-corrected chi connectivity index (χ3v) is 6.70. The predicted molar refractivity (Wildman–Crippen MR) is 105 cm³/mol. The number of amides is 1. The Morgan fingerprint density at radius 3 is 2.62 bits per heavy atom. The fraction of sp³-hybridized carbons (Fsp3) is 0.632. The van der Waals surface area contributed by atoms with Gasteiger partial charge in [0.25, 0.3) is 0 Å². The van der Waals surface area contributed by atoms with Crippen molar-refractivity contribution in [2.45, 2.75) is 24.0 Å². The summed E-state index contributed by atoms with van der Waals surface area (Å²) in [6, 6.07) is 5.82. The highest BCUT2D eigenvalue weighted by Crippen LogP contribution is 2.47. The molecular formula is C19H29N3O3S. The summed E-state index contributed by atoms with van der Waals surface area (Å²) in [6.07, 6.45) is 0.844. The number of benzene rings is 1. The quantitative estimate of drug-likeness (QED) is 0.782. The van der Waals surface area contributed by atoms with Crippen molar-refractivity contribution in [2.75, 3.05) is 53.5 Å². The summed E-state index contributed by atoms with van der Waals surface area (Å²) >= 11 is 1.73. The molecule has 1 N–H and O–H groups in total. The molecule has 144 valence electrons. The molecule has 0 aliphatic carbocycles. The number of nitrogens with zero attached hydrogens (tertiary/aromatic N) is 2. The summed E-state index contributed by atoms with van der Waals surface area (Å²) in [5, 5.41) is 3.36. The van der Waals surface area contributed by atoms with Crippen molar-refractivity contribution < 1.29 is 14.3 Å². The van der Waals surface area contributed by atoms with Crippen LogP contribution in [-0.2, 0) is 4.79 Å². The molecule has 26 heavy (non-hydrogen) atoms. The average Bonchev–Trinajstić information content (AvgIpc) is 3.02. The predicted octanol–water partition coefficient (Wildman–Crippen LogP) is 1.96. The van der Waals surface area contributed by atoms with Crippen LogP contribution in [0.5, 0.6) is 11.5 Å². The van der Waals surface area contributed by atoms with Gasteiger partial charge in [0, 0.05) is 44.8 Å². The second kappa shape index (κ2) is 8.97. The molecule has 0 spiro atoms. The van der Waals surface area contributed by atoms with E-state index in [1.807, 2.05) is 23.1 Å². The Hall–Kier alpha value is -1.44. The summed E-state index contributed by atoms with van der Waals surface area (Å²) < 4.78 is 11.0. The lowest BCUT2D eigenvalue weighted by atomic mass is 10.1. The molecule has 3 rings (SSSR count). The molecule has 0 aromatic heterocycles. The van der Waals surface area contributed by atoms with Gasteiger partial charge in [-0.2, -0.15) is 0 Å². The molecule has 2 aliphatic heterocycles. The number of thioether (sulfide) groups is 1. The summed E-state index contributed by atoms with van der Waals surface area (Å²) in [6.45, 7) is 7.86. The van der Waals surface area contributed by atoms with Crippen molar-refractivity contribution in [1.82, 2.24) is 15.1 Å². The average molecular weight is 380 g/mol. The van der Waals surface area contributed by atoms with Crippen molar-refractivity contribution in [1.29, 1.82) is 0 Å². The topological polar surface area (TPSA) is 54.0 Å². The van der Waals surface area contributed by atoms with Crippen LogP contribution < -0.4 is 14.8 Å². The van der Waals surface area contributed by atoms with Crippen molar-refractivity contribution >= 4 is 17.7 Å². The van der Waals surface area contributed by atoms with Gasteiger partial charge in [-0.3, -0.25) is 9.69 Å². The van der Waals surface area contributed by atoms with Gasteiger partial charge in [-0.05, 0) is 24.6 Å². The fourth-order valence-electron chi connectivity index (χ4n) is 3.54. The fourth-order valence-corrected chi connectivity index (χ4v) is 4.99. The minimum atomic E-state index is -0.0274. The molecule has 0 bridgehead atoms. The van der Waals surface area contributed by atoms with Crippen LogP contribution >= 0.6 is 11.8 Å². The molecule has 0 unspecified atom stereocenters. The van der Waals surface area contributed by atoms with Crippen molar-refractivity contribution in [3.63, 3.8) is 0 Å². The lowest BCUT2D eigenvalue weighted by Gasteiger charge is -2.31. The second-order valence-electron chi connectivity index (χ2n) is 6.62. The lowest BCUT2D eigenvalue weighted by Crippen LogP contribution is -2.47. The number of ether oxygens (including phenoxy) is 2. The molecule has 2 saturated heterocycles. The Morgan fingerprint density at radius 1 is 1.19 bits per heavy atom. The number of carbonyl (C=O) groups excluding carboxylic acids is 1. The zero-order valence-electron chi connectivity index (χ0n) is 15.9. The molecule has 1 aromatic carbocycles. The lowest BCUT2D eigenvalue weighted by molar-refractivity contribution is -0.130. The van der Waals surface area contributed by atoms with Gasteiger partial charge >= 0.3 is 0 Å². The van der Waals surface area contributed by atoms with E-state index in [4.69, 9.17) is 9.47 Å². The highest BCUT2D eigenvalue weighted by atomic mass is 32.2. The van der Waals surface area contributed by atoms with Gasteiger partial charge in [0.15, 0.2) is 0 Å². The SMILES string of the molecule is CC[C@@H]1S[C@H](c2cc(OC)ccc2OC)N(CCN2CCNCC2)C1=O. The Bertz CT molecular complexity index is 622. The highest BCUT2D eigenvalue weighted by Gasteiger charge is 2.41. The smallest absolute Gasteiger partial charge is 0.236 e. The first-order chi connectivity index (χ1) is 12.7. The summed E-state index contributed by atoms with van der Waals surface area (Å²) in [4.78, 5) is 17.4. The number of piperazine rings is 1. The van der Waals surface area contributed by atoms with Crippen molar-refractivity contribution in [2.24, 2.45) is 0 Å². The Morgan fingerprint density at radius 2 is 1.96 bits per heavy atom. The summed E-state index contributed by atoms with van der Waals surface area (Å²) in [5.41, 5.74) is 1.02. The second-order valence-corrected chi connectivity index (χ2v) is 7.90. The first-order valence-corrected chi connectivity index (χ1v) is 10.2. The van der Waals surface area contributed by atoms with Crippen molar-refractivity contribution in [3.8, 4) is 11.5 Å². The largest absolute Gasteiger partial charge is 0.497 e. The third kappa shape index (κ3) is 4.10. The standard InChI is InChI=1S/C19H29N3O3S/c1-4-17-18(23)22(12-11-21-9-7-20-8-10-21)19(26-17)15-13-14(24-2)5-6-16(15)25-3/h5-6,13,17,19-20H,4,7-12H2,1-3H3/t17-,19+/m0/s1. The number of carbonyl (C=O) groups is 1. The van der Waals surface area contributed by atoms with Crippen LogP contribution in [0.4, 0.5) is 0 Å². The molecule has 2 aliphatic rings. The van der Waals surface area contributed by atoms with Crippen LogP contribution in [-0.4, -0.2) is 74.4 Å². The van der Waals surface area contributed by atoms with E-state index in [0.29, 0.717) is 0 Å². The first-order valence-electron chi connectivity index (χ1n) is 9.28. The Balaban J connectivity index is 1.81. The van der Waals surface area contributed by atoms with Crippen LogP contribution in [0.2, 0.25) is 0 Å². The molecule has 1 aromatic rings. The van der Waals surface area contributed by atoms with Gasteiger partial charge in [0.1, 0.15) is 16.9 Å². The maximum absolute atomic E-state index is 12.9. The number of nitrogens with one attached hydrogen (secondary N) is 1. The molecule has 2 atom stereocenters. The van der Waals surface area contributed by atoms with Gasteiger partial charge in [-0.15, -0.1) is 11.8 Å². The molecule has 0 radical (unpaired) electrons. The van der Waals surface area contributed by atoms with Gasteiger partial charge in [-0.25, -0.2) is 0 Å². The van der Waals surface area contributed by atoms with Crippen LogP contribution in [0.25, 0.3) is 0 Å². The van der Waals surface area contributed by atoms with E-state index in [-0.39, 0.29) is 16.5 Å². The zero-order chi connectivity index (χ0) is 18.5. The zero-order valence-corrected chi connectivity index (χ0v) is 16.7. The highest BCUT2D eigenvalue weighted by molar-refractivity contribution is 8.01. The number of methoxy groups -OCH3 is 2. The number of rotatable bonds is 7.